The minimum atomic E-state index is -1.66. The van der Waals surface area contributed by atoms with Crippen LogP contribution in [0.25, 0.3) is 17.0 Å². The largest absolute Gasteiger partial charge is 0.497 e. The van der Waals surface area contributed by atoms with Gasteiger partial charge in [-0.2, -0.15) is 0 Å². The molecule has 8 rings (SSSR count). The molecular weight excluding hydrogens is 564 g/mol. The average Bonchev–Trinajstić information content (AvgIpc) is 3.53. The lowest BCUT2D eigenvalue weighted by molar-refractivity contribution is 0.0665. The van der Waals surface area contributed by atoms with Gasteiger partial charge in [-0.25, -0.2) is 0 Å². The first kappa shape index (κ1) is 27.0. The first-order chi connectivity index (χ1) is 22.0. The van der Waals surface area contributed by atoms with Crippen LogP contribution in [-0.2, 0) is 0 Å². The number of anilines is 1. The molecule has 0 saturated carbocycles. The molecule has 3 atom stereocenters. The number of rotatable bonds is 5. The van der Waals surface area contributed by atoms with Crippen molar-refractivity contribution in [2.24, 2.45) is 5.41 Å². The van der Waals surface area contributed by atoms with Gasteiger partial charge >= 0.3 is 0 Å². The molecule has 4 aromatic carbocycles. The van der Waals surface area contributed by atoms with Crippen molar-refractivity contribution in [3.63, 3.8) is 0 Å². The van der Waals surface area contributed by atoms with Crippen molar-refractivity contribution in [2.45, 2.75) is 18.0 Å². The fourth-order valence-corrected chi connectivity index (χ4v) is 7.78. The number of carbonyl (C=O) groups excluding carboxylic acids is 3. The molecule has 1 saturated heterocycles. The van der Waals surface area contributed by atoms with Gasteiger partial charge in [0.2, 0.25) is 0 Å². The van der Waals surface area contributed by atoms with Crippen molar-refractivity contribution in [1.29, 1.82) is 0 Å². The second-order valence-electron chi connectivity index (χ2n) is 11.6. The van der Waals surface area contributed by atoms with Crippen molar-refractivity contribution in [2.75, 3.05) is 19.1 Å². The molecule has 0 amide bonds. The number of methoxy groups -OCH3 is 2. The van der Waals surface area contributed by atoms with Crippen molar-refractivity contribution in [3.05, 3.63) is 137 Å². The number of carbonyl (C=O) groups is 3. The van der Waals surface area contributed by atoms with E-state index in [0.29, 0.717) is 39.3 Å². The summed E-state index contributed by atoms with van der Waals surface area (Å²) in [6.45, 7) is 0. The number of pyridine rings is 1. The summed E-state index contributed by atoms with van der Waals surface area (Å²) in [6, 6.07) is 27.5. The maximum atomic E-state index is 15.0. The maximum Gasteiger partial charge on any atom is 0.185 e. The molecule has 1 fully saturated rings. The van der Waals surface area contributed by atoms with Crippen LogP contribution in [0.1, 0.15) is 48.1 Å². The van der Waals surface area contributed by atoms with E-state index in [2.05, 4.69) is 0 Å². The van der Waals surface area contributed by atoms with Crippen LogP contribution < -0.4 is 14.4 Å². The predicted octanol–water partition coefficient (Wildman–Crippen LogP) is 6.57. The second kappa shape index (κ2) is 9.99. The van der Waals surface area contributed by atoms with Gasteiger partial charge in [0, 0.05) is 45.8 Å². The van der Waals surface area contributed by atoms with Crippen molar-refractivity contribution in [1.82, 2.24) is 4.98 Å². The molecule has 0 N–H and O–H groups in total. The SMILES string of the molecule is COc1ccc([C@@H]2[C@H](C(=O)c3ccccc3)N3c4c(ccc5cccnc45)C=C[C@@H]3C23C(=O)c2ccccc2C3=O)c(OC)c1. The zero-order valence-electron chi connectivity index (χ0n) is 24.6. The fraction of sp³-hybridized carbons (Fsp3) is 0.158. The van der Waals surface area contributed by atoms with Gasteiger partial charge in [-0.05, 0) is 17.7 Å². The fourth-order valence-electron chi connectivity index (χ4n) is 7.78. The van der Waals surface area contributed by atoms with Gasteiger partial charge in [0.1, 0.15) is 23.0 Å². The average molecular weight is 593 g/mol. The summed E-state index contributed by atoms with van der Waals surface area (Å²) in [5, 5.41) is 0.892. The molecule has 0 bridgehead atoms. The quantitative estimate of drug-likeness (QED) is 0.169. The molecule has 1 spiro atoms. The van der Waals surface area contributed by atoms with Crippen LogP contribution in [-0.4, -0.2) is 48.6 Å². The summed E-state index contributed by atoms with van der Waals surface area (Å²) in [5.74, 6) is -0.735. The van der Waals surface area contributed by atoms with E-state index in [1.807, 2.05) is 65.6 Å². The summed E-state index contributed by atoms with van der Waals surface area (Å²) in [7, 11) is 3.11. The second-order valence-corrected chi connectivity index (χ2v) is 11.6. The molecule has 45 heavy (non-hydrogen) atoms. The van der Waals surface area contributed by atoms with Gasteiger partial charge in [-0.3, -0.25) is 19.4 Å². The molecule has 3 aliphatic rings. The number of nitrogens with zero attached hydrogens (tertiary/aromatic N) is 2. The highest BCUT2D eigenvalue weighted by Crippen LogP contribution is 2.62. The minimum absolute atomic E-state index is 0.203. The molecule has 1 aromatic heterocycles. The van der Waals surface area contributed by atoms with Crippen molar-refractivity contribution >= 4 is 40.0 Å². The number of hydrogen-bond acceptors (Lipinski definition) is 7. The maximum absolute atomic E-state index is 15.0. The Balaban J connectivity index is 1.50. The zero-order valence-corrected chi connectivity index (χ0v) is 24.6. The van der Waals surface area contributed by atoms with E-state index in [1.165, 1.54) is 0 Å². The summed E-state index contributed by atoms with van der Waals surface area (Å²) < 4.78 is 11.4. The standard InChI is InChI=1S/C38H28N2O5/c1-44-25-17-18-28(29(21-25)45-2)31-34(35(41)24-9-4-3-5-10-24)40-30(38(31)36(42)26-12-6-7-13-27(26)37(38)43)19-16-23-15-14-22-11-8-20-39-32(22)33(23)40/h3-21,30-31,34H,1-2H3/t30-,31-,34-/m1/s1. The van der Waals surface area contributed by atoms with E-state index < -0.39 is 23.4 Å². The zero-order chi connectivity index (χ0) is 30.9. The van der Waals surface area contributed by atoms with Gasteiger partial charge in [-0.15, -0.1) is 0 Å². The van der Waals surface area contributed by atoms with E-state index in [4.69, 9.17) is 14.5 Å². The van der Waals surface area contributed by atoms with Crippen LogP contribution in [0.15, 0.2) is 109 Å². The Morgan fingerprint density at radius 1 is 0.822 bits per heavy atom. The molecule has 1 aliphatic carbocycles. The smallest absolute Gasteiger partial charge is 0.185 e. The molecular formula is C38H28N2O5. The lowest BCUT2D eigenvalue weighted by Gasteiger charge is -2.37. The Morgan fingerprint density at radius 2 is 1.56 bits per heavy atom. The Kier molecular flexibility index (Phi) is 6.00. The van der Waals surface area contributed by atoms with E-state index in [9.17, 15) is 9.59 Å². The minimum Gasteiger partial charge on any atom is -0.497 e. The van der Waals surface area contributed by atoms with Crippen molar-refractivity contribution in [3.8, 4) is 11.5 Å². The topological polar surface area (TPSA) is 85.8 Å². The Labute approximate surface area is 259 Å². The molecule has 0 unspecified atom stereocenters. The monoisotopic (exact) mass is 592 g/mol. The van der Waals surface area contributed by atoms with Gasteiger partial charge in [0.15, 0.2) is 17.3 Å². The summed E-state index contributed by atoms with van der Waals surface area (Å²) >= 11 is 0. The lowest BCUT2D eigenvalue weighted by atomic mass is 9.64. The van der Waals surface area contributed by atoms with E-state index in [0.717, 1.165) is 16.6 Å². The number of hydrogen-bond donors (Lipinski definition) is 0. The third kappa shape index (κ3) is 3.58. The van der Waals surface area contributed by atoms with Crippen LogP contribution >= 0.6 is 0 Å². The summed E-state index contributed by atoms with van der Waals surface area (Å²) in [4.78, 5) is 51.8. The number of fused-ring (bicyclic) bond motifs is 7. The van der Waals surface area contributed by atoms with Crippen LogP contribution in [0, 0.1) is 5.41 Å². The van der Waals surface area contributed by atoms with Gasteiger partial charge in [-0.1, -0.05) is 91.0 Å². The number of Topliss-reactive ketones (excluding diaryl/α,β-unsaturated/α-hetero) is 3. The Bertz CT molecular complexity index is 2050. The molecule has 2 aliphatic heterocycles. The Morgan fingerprint density at radius 3 is 2.27 bits per heavy atom. The normalized spacial score (nSPS) is 20.7. The number of ketones is 3. The van der Waals surface area contributed by atoms with E-state index in [-0.39, 0.29) is 17.3 Å². The van der Waals surface area contributed by atoms with E-state index >= 15 is 4.79 Å². The van der Waals surface area contributed by atoms with Gasteiger partial charge in [0.05, 0.1) is 31.5 Å². The van der Waals surface area contributed by atoms with Gasteiger partial charge in [0.25, 0.3) is 0 Å². The van der Waals surface area contributed by atoms with Crippen LogP contribution in [0.3, 0.4) is 0 Å². The highest BCUT2D eigenvalue weighted by atomic mass is 16.5. The molecule has 5 aromatic rings. The van der Waals surface area contributed by atoms with Crippen LogP contribution in [0.4, 0.5) is 5.69 Å². The molecule has 3 heterocycles. The molecule has 7 nitrogen and oxygen atoms in total. The Hall–Kier alpha value is -5.56. The molecule has 220 valence electrons. The third-order valence-corrected chi connectivity index (χ3v) is 9.64. The summed E-state index contributed by atoms with van der Waals surface area (Å²) in [5.41, 5.74) is 2.41. The van der Waals surface area contributed by atoms with Crippen LogP contribution in [0.5, 0.6) is 11.5 Å². The summed E-state index contributed by atoms with van der Waals surface area (Å²) in [6.07, 6.45) is 5.59. The number of benzene rings is 4. The van der Waals surface area contributed by atoms with Gasteiger partial charge < -0.3 is 14.4 Å². The highest BCUT2D eigenvalue weighted by Gasteiger charge is 2.72. The first-order valence-corrected chi connectivity index (χ1v) is 14.8. The third-order valence-electron chi connectivity index (χ3n) is 9.64. The van der Waals surface area contributed by atoms with E-state index in [1.54, 1.807) is 68.9 Å². The highest BCUT2D eigenvalue weighted by molar-refractivity contribution is 6.32. The first-order valence-electron chi connectivity index (χ1n) is 14.8. The van der Waals surface area contributed by atoms with Crippen molar-refractivity contribution < 1.29 is 23.9 Å². The van der Waals surface area contributed by atoms with Crippen LogP contribution in [0.2, 0.25) is 0 Å². The number of ether oxygens (including phenoxy) is 2. The predicted molar refractivity (Wildman–Crippen MR) is 171 cm³/mol. The molecule has 0 radical (unpaired) electrons. The molecule has 7 heteroatoms. The number of aromatic nitrogens is 1. The lowest BCUT2D eigenvalue weighted by Crippen LogP contribution is -2.48.